The fourth-order valence-electron chi connectivity index (χ4n) is 3.16. The lowest BCUT2D eigenvalue weighted by Gasteiger charge is -2.36. The van der Waals surface area contributed by atoms with Crippen LogP contribution >= 0.6 is 0 Å². The van der Waals surface area contributed by atoms with Crippen molar-refractivity contribution < 1.29 is 0 Å². The fraction of sp³-hybridized carbons (Fsp3) is 0.800. The molecule has 18 heavy (non-hydrogen) atoms. The lowest BCUT2D eigenvalue weighted by atomic mass is 9.77. The molecule has 3 heteroatoms. The van der Waals surface area contributed by atoms with Crippen molar-refractivity contribution in [3.05, 3.63) is 17.0 Å². The third kappa shape index (κ3) is 2.33. The molecule has 3 atom stereocenters. The van der Waals surface area contributed by atoms with E-state index in [4.69, 9.17) is 10.8 Å². The van der Waals surface area contributed by atoms with E-state index in [1.807, 2.05) is 0 Å². The normalized spacial score (nSPS) is 28.9. The minimum Gasteiger partial charge on any atom is -0.326 e. The summed E-state index contributed by atoms with van der Waals surface area (Å²) in [5.74, 6) is 1.54. The maximum Gasteiger partial charge on any atom is 0.0676 e. The van der Waals surface area contributed by atoms with Gasteiger partial charge in [0.25, 0.3) is 0 Å². The Balaban J connectivity index is 2.27. The highest BCUT2D eigenvalue weighted by molar-refractivity contribution is 5.23. The Morgan fingerprint density at radius 3 is 2.39 bits per heavy atom. The van der Waals surface area contributed by atoms with E-state index in [2.05, 4.69) is 39.3 Å². The van der Waals surface area contributed by atoms with Crippen molar-refractivity contribution >= 4 is 0 Å². The first-order chi connectivity index (χ1) is 8.41. The summed E-state index contributed by atoms with van der Waals surface area (Å²) in [7, 11) is 0. The van der Waals surface area contributed by atoms with Crippen LogP contribution in [0.25, 0.3) is 0 Å². The molecule has 1 heterocycles. The summed E-state index contributed by atoms with van der Waals surface area (Å²) >= 11 is 0. The number of nitrogens with two attached hydrogens (primary N) is 1. The van der Waals surface area contributed by atoms with Gasteiger partial charge in [0.2, 0.25) is 0 Å². The molecule has 1 fully saturated rings. The Hall–Kier alpha value is -0.830. The number of rotatable bonds is 2. The molecule has 1 aliphatic rings. The van der Waals surface area contributed by atoms with E-state index >= 15 is 0 Å². The summed E-state index contributed by atoms with van der Waals surface area (Å²) < 4.78 is 2.20. The quantitative estimate of drug-likeness (QED) is 0.875. The molecule has 0 radical (unpaired) electrons. The Morgan fingerprint density at radius 1 is 1.22 bits per heavy atom. The van der Waals surface area contributed by atoms with Gasteiger partial charge in [0, 0.05) is 11.7 Å². The summed E-state index contributed by atoms with van der Waals surface area (Å²) in [5.41, 5.74) is 10.1. The average molecular weight is 249 g/mol. The van der Waals surface area contributed by atoms with Crippen molar-refractivity contribution in [1.82, 2.24) is 9.78 Å². The first kappa shape index (κ1) is 13.6. The van der Waals surface area contributed by atoms with Gasteiger partial charge in [-0.1, -0.05) is 13.8 Å². The molecule has 0 aromatic carbocycles. The third-order valence-electron chi connectivity index (χ3n) is 4.85. The molecule has 0 amide bonds. The number of nitrogens with zero attached hydrogens (tertiary/aromatic N) is 2. The van der Waals surface area contributed by atoms with Crippen molar-refractivity contribution in [3.63, 3.8) is 0 Å². The Kier molecular flexibility index (Phi) is 3.81. The Labute approximate surface area is 111 Å². The topological polar surface area (TPSA) is 43.8 Å². The van der Waals surface area contributed by atoms with Crippen LogP contribution in [-0.2, 0) is 0 Å². The van der Waals surface area contributed by atoms with Gasteiger partial charge < -0.3 is 5.73 Å². The molecule has 3 nitrogen and oxygen atoms in total. The van der Waals surface area contributed by atoms with E-state index in [0.717, 1.165) is 24.0 Å². The van der Waals surface area contributed by atoms with Gasteiger partial charge in [0.05, 0.1) is 11.7 Å². The second-order valence-electron chi connectivity index (χ2n) is 6.29. The van der Waals surface area contributed by atoms with Crippen LogP contribution in [0.1, 0.15) is 56.1 Å². The molecule has 2 rings (SSSR count). The van der Waals surface area contributed by atoms with Crippen LogP contribution < -0.4 is 5.73 Å². The lowest BCUT2D eigenvalue weighted by molar-refractivity contribution is 0.181. The monoisotopic (exact) mass is 249 g/mol. The zero-order valence-corrected chi connectivity index (χ0v) is 12.4. The molecule has 2 N–H and O–H groups in total. The van der Waals surface area contributed by atoms with Crippen LogP contribution in [-0.4, -0.2) is 15.8 Å². The van der Waals surface area contributed by atoms with Gasteiger partial charge in [0.1, 0.15) is 0 Å². The second-order valence-corrected chi connectivity index (χ2v) is 6.29. The van der Waals surface area contributed by atoms with E-state index in [0.29, 0.717) is 6.04 Å². The van der Waals surface area contributed by atoms with Gasteiger partial charge >= 0.3 is 0 Å². The summed E-state index contributed by atoms with van der Waals surface area (Å²) in [6, 6.07) is 0.649. The first-order valence-electron chi connectivity index (χ1n) is 7.19. The standard InChI is InChI=1S/C15H27N3/c1-9(2)13-6-7-14(16)15(8-13)18-12(5)10(3)11(4)17-18/h9,13-15H,6-8,16H2,1-5H3. The van der Waals surface area contributed by atoms with Crippen LogP contribution in [0.5, 0.6) is 0 Å². The molecular weight excluding hydrogens is 222 g/mol. The van der Waals surface area contributed by atoms with Crippen molar-refractivity contribution in [1.29, 1.82) is 0 Å². The number of hydrogen-bond donors (Lipinski definition) is 1. The Morgan fingerprint density at radius 2 is 1.89 bits per heavy atom. The molecule has 0 saturated heterocycles. The number of hydrogen-bond acceptors (Lipinski definition) is 2. The predicted molar refractivity (Wildman–Crippen MR) is 75.6 cm³/mol. The van der Waals surface area contributed by atoms with Crippen LogP contribution in [0.3, 0.4) is 0 Å². The van der Waals surface area contributed by atoms with Crippen LogP contribution in [0.2, 0.25) is 0 Å². The smallest absolute Gasteiger partial charge is 0.0676 e. The minimum absolute atomic E-state index is 0.261. The van der Waals surface area contributed by atoms with Gasteiger partial charge in [-0.2, -0.15) is 5.10 Å². The van der Waals surface area contributed by atoms with Crippen molar-refractivity contribution in [3.8, 4) is 0 Å². The SMILES string of the molecule is Cc1nn(C2CC(C(C)C)CCC2N)c(C)c1C. The lowest BCUT2D eigenvalue weighted by Crippen LogP contribution is -2.39. The van der Waals surface area contributed by atoms with Gasteiger partial charge in [-0.25, -0.2) is 0 Å². The largest absolute Gasteiger partial charge is 0.326 e. The van der Waals surface area contributed by atoms with Gasteiger partial charge in [-0.3, -0.25) is 4.68 Å². The second kappa shape index (κ2) is 5.04. The number of aromatic nitrogens is 2. The van der Waals surface area contributed by atoms with E-state index in [-0.39, 0.29) is 6.04 Å². The minimum atomic E-state index is 0.261. The predicted octanol–water partition coefficient (Wildman–Crippen LogP) is 3.13. The highest BCUT2D eigenvalue weighted by atomic mass is 15.3. The molecule has 1 aliphatic carbocycles. The molecule has 0 aliphatic heterocycles. The van der Waals surface area contributed by atoms with Crippen molar-refractivity contribution in [2.24, 2.45) is 17.6 Å². The average Bonchev–Trinajstić information content (AvgIpc) is 2.57. The van der Waals surface area contributed by atoms with Crippen molar-refractivity contribution in [2.75, 3.05) is 0 Å². The zero-order valence-electron chi connectivity index (χ0n) is 12.4. The maximum atomic E-state index is 6.34. The maximum absolute atomic E-state index is 6.34. The summed E-state index contributed by atoms with van der Waals surface area (Å²) in [5, 5.41) is 4.71. The molecule has 1 aromatic heterocycles. The molecule has 0 bridgehead atoms. The zero-order chi connectivity index (χ0) is 13.4. The van der Waals surface area contributed by atoms with Crippen molar-refractivity contribution in [2.45, 2.75) is 66.0 Å². The van der Waals surface area contributed by atoms with E-state index in [1.54, 1.807) is 0 Å². The van der Waals surface area contributed by atoms with Gasteiger partial charge in [-0.05, 0) is 57.4 Å². The summed E-state index contributed by atoms with van der Waals surface area (Å²) in [4.78, 5) is 0. The van der Waals surface area contributed by atoms with E-state index in [1.165, 1.54) is 24.1 Å². The fourth-order valence-corrected chi connectivity index (χ4v) is 3.16. The third-order valence-corrected chi connectivity index (χ3v) is 4.85. The van der Waals surface area contributed by atoms with Crippen LogP contribution in [0, 0.1) is 32.6 Å². The Bertz CT molecular complexity index is 420. The molecule has 102 valence electrons. The highest BCUT2D eigenvalue weighted by Gasteiger charge is 2.32. The molecule has 0 spiro atoms. The molecular formula is C15H27N3. The summed E-state index contributed by atoms with van der Waals surface area (Å²) in [6.07, 6.45) is 3.58. The first-order valence-corrected chi connectivity index (χ1v) is 7.19. The molecule has 3 unspecified atom stereocenters. The van der Waals surface area contributed by atoms with Crippen LogP contribution in [0.4, 0.5) is 0 Å². The van der Waals surface area contributed by atoms with Gasteiger partial charge in [-0.15, -0.1) is 0 Å². The molecule has 1 aromatic rings. The van der Waals surface area contributed by atoms with Gasteiger partial charge in [0.15, 0.2) is 0 Å². The highest BCUT2D eigenvalue weighted by Crippen LogP contribution is 2.36. The van der Waals surface area contributed by atoms with E-state index < -0.39 is 0 Å². The summed E-state index contributed by atoms with van der Waals surface area (Å²) in [6.45, 7) is 11.1. The van der Waals surface area contributed by atoms with Crippen LogP contribution in [0.15, 0.2) is 0 Å². The molecule has 1 saturated carbocycles. The van der Waals surface area contributed by atoms with E-state index in [9.17, 15) is 0 Å². The number of aryl methyl sites for hydroxylation is 1.